The molecule has 0 radical (unpaired) electrons. The fourth-order valence-electron chi connectivity index (χ4n) is 3.12. The van der Waals surface area contributed by atoms with Crippen molar-refractivity contribution in [3.05, 3.63) is 53.7 Å². The van der Waals surface area contributed by atoms with Crippen molar-refractivity contribution in [3.63, 3.8) is 0 Å². The highest BCUT2D eigenvalue weighted by Crippen LogP contribution is 2.19. The fraction of sp³-hybridized carbons (Fsp3) is 0.364. The molecule has 0 aliphatic carbocycles. The highest BCUT2D eigenvalue weighted by atomic mass is 16.6. The van der Waals surface area contributed by atoms with Crippen molar-refractivity contribution in [2.24, 2.45) is 5.73 Å². The van der Waals surface area contributed by atoms with Gasteiger partial charge >= 0.3 is 6.09 Å². The molecule has 1 aliphatic rings. The molecule has 9 heteroatoms. The number of rotatable bonds is 4. The third-order valence-corrected chi connectivity index (χ3v) is 4.70. The Bertz CT molecular complexity index is 961. The van der Waals surface area contributed by atoms with Crippen LogP contribution in [-0.2, 0) is 4.74 Å². The molecule has 3 rings (SSSR count). The van der Waals surface area contributed by atoms with Crippen LogP contribution in [0.4, 0.5) is 16.3 Å². The Kier molecular flexibility index (Phi) is 6.43. The van der Waals surface area contributed by atoms with Crippen molar-refractivity contribution >= 4 is 29.4 Å². The van der Waals surface area contributed by atoms with Crippen molar-refractivity contribution in [3.8, 4) is 0 Å². The van der Waals surface area contributed by atoms with Crippen molar-refractivity contribution in [2.45, 2.75) is 26.4 Å². The number of ether oxygens (including phenoxy) is 1. The van der Waals surface area contributed by atoms with Crippen molar-refractivity contribution < 1.29 is 19.1 Å². The van der Waals surface area contributed by atoms with Gasteiger partial charge in [-0.15, -0.1) is 0 Å². The summed E-state index contributed by atoms with van der Waals surface area (Å²) >= 11 is 0. The van der Waals surface area contributed by atoms with Crippen LogP contribution in [0.25, 0.3) is 0 Å². The topological polar surface area (TPSA) is 118 Å². The molecule has 2 heterocycles. The van der Waals surface area contributed by atoms with Gasteiger partial charge in [-0.05, 0) is 51.1 Å². The molecule has 1 aliphatic heterocycles. The molecule has 1 aromatic heterocycles. The maximum atomic E-state index is 12.4. The van der Waals surface area contributed by atoms with Gasteiger partial charge in [-0.1, -0.05) is 6.07 Å². The van der Waals surface area contributed by atoms with E-state index >= 15 is 0 Å². The smallest absolute Gasteiger partial charge is 0.410 e. The molecule has 3 amide bonds. The van der Waals surface area contributed by atoms with E-state index in [1.54, 1.807) is 35.4 Å². The second kappa shape index (κ2) is 9.03. The highest BCUT2D eigenvalue weighted by molar-refractivity contribution is 6.05. The lowest BCUT2D eigenvalue weighted by Crippen LogP contribution is -2.50. The molecule has 31 heavy (non-hydrogen) atoms. The average Bonchev–Trinajstić information content (AvgIpc) is 2.73. The number of hydrogen-bond acceptors (Lipinski definition) is 6. The standard InChI is InChI=1S/C22H27N5O4/c1-22(2,3)31-21(30)27-11-9-26(10-12-27)17-7-8-18(24-14-17)25-20(29)16-6-4-5-15(13-16)19(23)28/h4-8,13-14H,9-12H2,1-3H3,(H2,23,28)(H,24,25,29). The van der Waals surface area contributed by atoms with Crippen molar-refractivity contribution in [1.82, 2.24) is 9.88 Å². The molecule has 0 bridgehead atoms. The molecular weight excluding hydrogens is 398 g/mol. The van der Waals surface area contributed by atoms with Gasteiger partial charge in [0.2, 0.25) is 5.91 Å². The van der Waals surface area contributed by atoms with Gasteiger partial charge in [0.15, 0.2) is 0 Å². The number of carbonyl (C=O) groups excluding carboxylic acids is 3. The summed E-state index contributed by atoms with van der Waals surface area (Å²) in [7, 11) is 0. The third kappa shape index (κ3) is 5.94. The van der Waals surface area contributed by atoms with Crippen LogP contribution in [0, 0.1) is 0 Å². The first-order valence-corrected chi connectivity index (χ1v) is 10.0. The number of anilines is 2. The first-order valence-electron chi connectivity index (χ1n) is 10.0. The molecule has 0 unspecified atom stereocenters. The molecule has 1 saturated heterocycles. The summed E-state index contributed by atoms with van der Waals surface area (Å²) < 4.78 is 5.42. The summed E-state index contributed by atoms with van der Waals surface area (Å²) in [6.45, 7) is 7.98. The number of pyridine rings is 1. The minimum Gasteiger partial charge on any atom is -0.444 e. The summed E-state index contributed by atoms with van der Waals surface area (Å²) in [6, 6.07) is 9.77. The quantitative estimate of drug-likeness (QED) is 0.777. The van der Waals surface area contributed by atoms with Crippen LogP contribution in [0.2, 0.25) is 0 Å². The van der Waals surface area contributed by atoms with Gasteiger partial charge in [-0.25, -0.2) is 9.78 Å². The van der Waals surface area contributed by atoms with Gasteiger partial charge in [0.25, 0.3) is 5.91 Å². The number of nitrogens with one attached hydrogen (secondary N) is 1. The Morgan fingerprint density at radius 2 is 1.71 bits per heavy atom. The van der Waals surface area contributed by atoms with Gasteiger partial charge in [0.1, 0.15) is 11.4 Å². The number of carbonyl (C=O) groups is 3. The minimum absolute atomic E-state index is 0.265. The Balaban J connectivity index is 1.56. The summed E-state index contributed by atoms with van der Waals surface area (Å²) in [4.78, 5) is 44.0. The van der Waals surface area contributed by atoms with Gasteiger partial charge in [-0.2, -0.15) is 0 Å². The lowest BCUT2D eigenvalue weighted by molar-refractivity contribution is 0.0240. The largest absolute Gasteiger partial charge is 0.444 e. The Morgan fingerprint density at radius 1 is 1.03 bits per heavy atom. The first kappa shape index (κ1) is 22.1. The van der Waals surface area contributed by atoms with Crippen molar-refractivity contribution in [2.75, 3.05) is 36.4 Å². The van der Waals surface area contributed by atoms with E-state index in [0.29, 0.717) is 37.6 Å². The molecule has 0 saturated carbocycles. The van der Waals surface area contributed by atoms with E-state index in [9.17, 15) is 14.4 Å². The number of piperazine rings is 1. The van der Waals surface area contributed by atoms with E-state index in [2.05, 4.69) is 15.2 Å². The summed E-state index contributed by atoms with van der Waals surface area (Å²) in [5.41, 5.74) is 6.23. The number of nitrogens with zero attached hydrogens (tertiary/aromatic N) is 3. The van der Waals surface area contributed by atoms with E-state index in [4.69, 9.17) is 10.5 Å². The van der Waals surface area contributed by atoms with Crippen LogP contribution >= 0.6 is 0 Å². The second-order valence-electron chi connectivity index (χ2n) is 8.26. The summed E-state index contributed by atoms with van der Waals surface area (Å²) in [5, 5.41) is 2.71. The Hall–Kier alpha value is -3.62. The zero-order valence-electron chi connectivity index (χ0n) is 17.9. The molecule has 2 aromatic rings. The second-order valence-corrected chi connectivity index (χ2v) is 8.26. The van der Waals surface area contributed by atoms with Crippen LogP contribution in [-0.4, -0.2) is 59.6 Å². The van der Waals surface area contributed by atoms with Crippen molar-refractivity contribution in [1.29, 1.82) is 0 Å². The molecule has 0 atom stereocenters. The van der Waals surface area contributed by atoms with E-state index < -0.39 is 11.5 Å². The zero-order valence-corrected chi connectivity index (χ0v) is 17.9. The number of amides is 3. The van der Waals surface area contributed by atoms with Crippen LogP contribution in [0.3, 0.4) is 0 Å². The molecule has 3 N–H and O–H groups in total. The first-order chi connectivity index (χ1) is 14.6. The minimum atomic E-state index is -0.594. The van der Waals surface area contributed by atoms with Gasteiger partial charge in [0.05, 0.1) is 11.9 Å². The lowest BCUT2D eigenvalue weighted by Gasteiger charge is -2.36. The number of aromatic nitrogens is 1. The molecule has 1 aromatic carbocycles. The monoisotopic (exact) mass is 425 g/mol. The van der Waals surface area contributed by atoms with E-state index in [1.165, 1.54) is 6.07 Å². The highest BCUT2D eigenvalue weighted by Gasteiger charge is 2.26. The Morgan fingerprint density at radius 3 is 2.29 bits per heavy atom. The summed E-state index contributed by atoms with van der Waals surface area (Å²) in [6.07, 6.45) is 1.38. The predicted octanol–water partition coefficient (Wildman–Crippen LogP) is 2.49. The SMILES string of the molecule is CC(C)(C)OC(=O)N1CCN(c2ccc(NC(=O)c3cccc(C(N)=O)c3)nc2)CC1. The van der Waals surface area contributed by atoms with E-state index in [0.717, 1.165) is 5.69 Å². The number of primary amides is 1. The molecular formula is C22H27N5O4. The van der Waals surface area contributed by atoms with E-state index in [1.807, 2.05) is 26.8 Å². The molecule has 0 spiro atoms. The molecule has 164 valence electrons. The van der Waals surface area contributed by atoms with Crippen LogP contribution in [0.15, 0.2) is 42.6 Å². The van der Waals surface area contributed by atoms with Gasteiger partial charge in [-0.3, -0.25) is 9.59 Å². The maximum absolute atomic E-state index is 12.4. The number of nitrogens with two attached hydrogens (primary N) is 1. The molecule has 1 fully saturated rings. The van der Waals surface area contributed by atoms with Gasteiger partial charge < -0.3 is 25.6 Å². The predicted molar refractivity (Wildman–Crippen MR) is 117 cm³/mol. The zero-order chi connectivity index (χ0) is 22.6. The fourth-order valence-corrected chi connectivity index (χ4v) is 3.12. The van der Waals surface area contributed by atoms with Crippen LogP contribution in [0.5, 0.6) is 0 Å². The third-order valence-electron chi connectivity index (χ3n) is 4.70. The lowest BCUT2D eigenvalue weighted by atomic mass is 10.1. The number of benzene rings is 1. The normalized spacial score (nSPS) is 14.2. The van der Waals surface area contributed by atoms with Gasteiger partial charge in [0, 0.05) is 37.3 Å². The number of hydrogen-bond donors (Lipinski definition) is 2. The maximum Gasteiger partial charge on any atom is 0.410 e. The Labute approximate surface area is 181 Å². The summed E-state index contributed by atoms with van der Waals surface area (Å²) in [5.74, 6) is -0.580. The van der Waals surface area contributed by atoms with E-state index in [-0.39, 0.29) is 17.6 Å². The molecule has 9 nitrogen and oxygen atoms in total. The average molecular weight is 425 g/mol. The van der Waals surface area contributed by atoms with Crippen LogP contribution < -0.4 is 16.0 Å². The van der Waals surface area contributed by atoms with Crippen LogP contribution in [0.1, 0.15) is 41.5 Å².